The molecule has 0 saturated heterocycles. The third-order valence-electron chi connectivity index (χ3n) is 2.95. The Bertz CT molecular complexity index is 460. The number of amides is 1. The quantitative estimate of drug-likeness (QED) is 0.576. The number of rotatable bonds is 7. The summed E-state index contributed by atoms with van der Waals surface area (Å²) in [5, 5.41) is 22.1. The average Bonchev–Trinajstić information content (AvgIpc) is 2.44. The predicted octanol–water partition coefficient (Wildman–Crippen LogP) is 1.11. The summed E-state index contributed by atoms with van der Waals surface area (Å²) in [5.41, 5.74) is -0.0350. The Kier molecular flexibility index (Phi) is 5.92. The van der Waals surface area contributed by atoms with Gasteiger partial charge in [0.1, 0.15) is 5.75 Å². The van der Waals surface area contributed by atoms with Crippen LogP contribution in [0.4, 0.5) is 5.69 Å². The SMILES string of the molecule is CC(CO)C(C)NC(=O)COc1ccc([N+](=O)[O-])cc1. The van der Waals surface area contributed by atoms with Crippen molar-refractivity contribution in [1.29, 1.82) is 0 Å². The third kappa shape index (κ3) is 4.85. The minimum Gasteiger partial charge on any atom is -0.484 e. The third-order valence-corrected chi connectivity index (χ3v) is 2.95. The fourth-order valence-electron chi connectivity index (χ4n) is 1.41. The van der Waals surface area contributed by atoms with E-state index in [0.717, 1.165) is 0 Å². The van der Waals surface area contributed by atoms with Crippen molar-refractivity contribution >= 4 is 11.6 Å². The normalized spacial score (nSPS) is 13.3. The van der Waals surface area contributed by atoms with Crippen molar-refractivity contribution in [3.63, 3.8) is 0 Å². The minimum atomic E-state index is -0.506. The van der Waals surface area contributed by atoms with Gasteiger partial charge in [-0.15, -0.1) is 0 Å². The molecule has 1 amide bonds. The van der Waals surface area contributed by atoms with Gasteiger partial charge >= 0.3 is 0 Å². The second kappa shape index (κ2) is 7.44. The highest BCUT2D eigenvalue weighted by molar-refractivity contribution is 5.77. The van der Waals surface area contributed by atoms with Crippen LogP contribution in [0.25, 0.3) is 0 Å². The summed E-state index contributed by atoms with van der Waals surface area (Å²) >= 11 is 0. The molecule has 7 heteroatoms. The largest absolute Gasteiger partial charge is 0.484 e. The van der Waals surface area contributed by atoms with E-state index < -0.39 is 4.92 Å². The van der Waals surface area contributed by atoms with Crippen LogP contribution in [0.5, 0.6) is 5.75 Å². The zero-order chi connectivity index (χ0) is 15.1. The maximum atomic E-state index is 11.6. The van der Waals surface area contributed by atoms with Gasteiger partial charge in [0.05, 0.1) is 4.92 Å². The molecule has 0 radical (unpaired) electrons. The number of aliphatic hydroxyl groups excluding tert-OH is 1. The Labute approximate surface area is 116 Å². The monoisotopic (exact) mass is 282 g/mol. The summed E-state index contributed by atoms with van der Waals surface area (Å²) in [5.74, 6) is 0.0306. The second-order valence-corrected chi connectivity index (χ2v) is 4.56. The molecule has 0 heterocycles. The molecule has 2 N–H and O–H groups in total. The Morgan fingerprint density at radius 2 is 2.00 bits per heavy atom. The first kappa shape index (κ1) is 15.9. The van der Waals surface area contributed by atoms with Gasteiger partial charge in [-0.25, -0.2) is 0 Å². The van der Waals surface area contributed by atoms with Crippen molar-refractivity contribution in [3.05, 3.63) is 34.4 Å². The predicted molar refractivity (Wildman–Crippen MR) is 72.4 cm³/mol. The highest BCUT2D eigenvalue weighted by Crippen LogP contribution is 2.17. The molecule has 110 valence electrons. The van der Waals surface area contributed by atoms with E-state index in [0.29, 0.717) is 5.75 Å². The fraction of sp³-hybridized carbons (Fsp3) is 0.462. The molecule has 1 rings (SSSR count). The van der Waals surface area contributed by atoms with Crippen LogP contribution in [0.3, 0.4) is 0 Å². The molecule has 0 fully saturated rings. The highest BCUT2D eigenvalue weighted by Gasteiger charge is 2.14. The molecule has 1 aromatic carbocycles. The summed E-state index contributed by atoms with van der Waals surface area (Å²) < 4.78 is 5.22. The lowest BCUT2D eigenvalue weighted by Crippen LogP contribution is -2.40. The van der Waals surface area contributed by atoms with Crippen molar-refractivity contribution in [2.75, 3.05) is 13.2 Å². The number of nitrogens with one attached hydrogen (secondary N) is 1. The zero-order valence-electron chi connectivity index (χ0n) is 11.4. The first-order valence-corrected chi connectivity index (χ1v) is 6.21. The number of carbonyl (C=O) groups is 1. The van der Waals surface area contributed by atoms with Crippen LogP contribution < -0.4 is 10.1 Å². The zero-order valence-corrected chi connectivity index (χ0v) is 11.4. The maximum absolute atomic E-state index is 11.6. The average molecular weight is 282 g/mol. The summed E-state index contributed by atoms with van der Waals surface area (Å²) in [7, 11) is 0. The molecule has 0 aliphatic carbocycles. The molecule has 20 heavy (non-hydrogen) atoms. The molecule has 2 atom stereocenters. The second-order valence-electron chi connectivity index (χ2n) is 4.56. The maximum Gasteiger partial charge on any atom is 0.269 e. The van der Waals surface area contributed by atoms with Gasteiger partial charge in [-0.2, -0.15) is 0 Å². The van der Waals surface area contributed by atoms with Gasteiger partial charge in [0.15, 0.2) is 6.61 Å². The minimum absolute atomic E-state index is 0.00927. The summed E-state index contributed by atoms with van der Waals surface area (Å²) in [6.45, 7) is 3.43. The Balaban J connectivity index is 2.43. The van der Waals surface area contributed by atoms with Crippen molar-refractivity contribution in [3.8, 4) is 5.75 Å². The number of non-ortho nitro benzene ring substituents is 1. The van der Waals surface area contributed by atoms with E-state index in [4.69, 9.17) is 9.84 Å². The van der Waals surface area contributed by atoms with Crippen LogP contribution in [-0.2, 0) is 4.79 Å². The smallest absolute Gasteiger partial charge is 0.269 e. The van der Waals surface area contributed by atoms with Gasteiger partial charge in [-0.05, 0) is 25.0 Å². The summed E-state index contributed by atoms with van der Waals surface area (Å²) in [6.07, 6.45) is 0. The van der Waals surface area contributed by atoms with Gasteiger partial charge in [0, 0.05) is 24.8 Å². The topological polar surface area (TPSA) is 102 Å². The Morgan fingerprint density at radius 1 is 1.40 bits per heavy atom. The van der Waals surface area contributed by atoms with Crippen molar-refractivity contribution in [2.24, 2.45) is 5.92 Å². The van der Waals surface area contributed by atoms with Gasteiger partial charge in [0.25, 0.3) is 11.6 Å². The number of nitrogens with zero attached hydrogens (tertiary/aromatic N) is 1. The van der Waals surface area contributed by atoms with Crippen LogP contribution >= 0.6 is 0 Å². The number of ether oxygens (including phenoxy) is 1. The fourth-order valence-corrected chi connectivity index (χ4v) is 1.41. The van der Waals surface area contributed by atoms with Crippen LogP contribution in [-0.4, -0.2) is 35.2 Å². The van der Waals surface area contributed by atoms with Crippen molar-refractivity contribution in [2.45, 2.75) is 19.9 Å². The van der Waals surface area contributed by atoms with Crippen LogP contribution in [0.1, 0.15) is 13.8 Å². The molecule has 7 nitrogen and oxygen atoms in total. The first-order valence-electron chi connectivity index (χ1n) is 6.21. The Morgan fingerprint density at radius 3 is 2.50 bits per heavy atom. The number of aliphatic hydroxyl groups is 1. The van der Waals surface area contributed by atoms with E-state index >= 15 is 0 Å². The number of nitro benzene ring substituents is 1. The molecule has 0 spiro atoms. The molecule has 0 saturated carbocycles. The molecular formula is C13H18N2O5. The number of benzene rings is 1. The van der Waals surface area contributed by atoms with Crippen molar-refractivity contribution < 1.29 is 19.6 Å². The lowest BCUT2D eigenvalue weighted by molar-refractivity contribution is -0.384. The van der Waals surface area contributed by atoms with Gasteiger partial charge in [0.2, 0.25) is 0 Å². The standard InChI is InChI=1S/C13H18N2O5/c1-9(7-16)10(2)14-13(17)8-20-12-5-3-11(4-6-12)15(18)19/h3-6,9-10,16H,7-8H2,1-2H3,(H,14,17). The molecule has 0 aliphatic heterocycles. The van der Waals surface area contributed by atoms with Crippen LogP contribution in [0, 0.1) is 16.0 Å². The molecule has 0 bridgehead atoms. The van der Waals surface area contributed by atoms with Gasteiger partial charge < -0.3 is 15.2 Å². The van der Waals surface area contributed by atoms with Gasteiger partial charge in [-0.3, -0.25) is 14.9 Å². The lowest BCUT2D eigenvalue weighted by atomic mass is 10.1. The van der Waals surface area contributed by atoms with E-state index in [9.17, 15) is 14.9 Å². The molecular weight excluding hydrogens is 264 g/mol. The van der Waals surface area contributed by atoms with Crippen LogP contribution in [0.2, 0.25) is 0 Å². The van der Waals surface area contributed by atoms with E-state index in [-0.39, 0.29) is 36.8 Å². The van der Waals surface area contributed by atoms with E-state index in [1.165, 1.54) is 24.3 Å². The van der Waals surface area contributed by atoms with E-state index in [1.807, 2.05) is 6.92 Å². The molecule has 0 aliphatic rings. The van der Waals surface area contributed by atoms with E-state index in [1.54, 1.807) is 6.92 Å². The molecule has 0 aromatic heterocycles. The number of hydrogen-bond donors (Lipinski definition) is 2. The summed E-state index contributed by atoms with van der Waals surface area (Å²) in [6, 6.07) is 5.33. The number of hydrogen-bond acceptors (Lipinski definition) is 5. The molecule has 1 aromatic rings. The van der Waals surface area contributed by atoms with Crippen LogP contribution in [0.15, 0.2) is 24.3 Å². The Hall–Kier alpha value is -2.15. The first-order chi connectivity index (χ1) is 9.43. The number of carbonyl (C=O) groups excluding carboxylic acids is 1. The summed E-state index contributed by atoms with van der Waals surface area (Å²) in [4.78, 5) is 21.6. The lowest BCUT2D eigenvalue weighted by Gasteiger charge is -2.19. The number of nitro groups is 1. The van der Waals surface area contributed by atoms with E-state index in [2.05, 4.69) is 5.32 Å². The highest BCUT2D eigenvalue weighted by atomic mass is 16.6. The van der Waals surface area contributed by atoms with Crippen molar-refractivity contribution in [1.82, 2.24) is 5.32 Å². The van der Waals surface area contributed by atoms with Gasteiger partial charge in [-0.1, -0.05) is 6.92 Å². The molecule has 2 unspecified atom stereocenters.